The van der Waals surface area contributed by atoms with Crippen LogP contribution in [0.3, 0.4) is 0 Å². The van der Waals surface area contributed by atoms with E-state index in [1.54, 1.807) is 11.3 Å². The summed E-state index contributed by atoms with van der Waals surface area (Å²) in [6.07, 6.45) is 7.96. The van der Waals surface area contributed by atoms with Crippen LogP contribution in [-0.4, -0.2) is 28.5 Å². The second-order valence-electron chi connectivity index (χ2n) is 5.36. The van der Waals surface area contributed by atoms with Gasteiger partial charge in [0.25, 0.3) is 0 Å². The molecule has 104 valence electrons. The van der Waals surface area contributed by atoms with E-state index in [0.717, 1.165) is 30.9 Å². The van der Waals surface area contributed by atoms with Gasteiger partial charge in [-0.25, -0.2) is 4.98 Å². The monoisotopic (exact) mass is 278 g/mol. The third-order valence-electron chi connectivity index (χ3n) is 3.98. The number of fused-ring (bicyclic) bond motifs is 1. The van der Waals surface area contributed by atoms with Crippen molar-refractivity contribution in [3.05, 3.63) is 17.3 Å². The Morgan fingerprint density at radius 3 is 2.89 bits per heavy atom. The van der Waals surface area contributed by atoms with Crippen molar-refractivity contribution in [1.29, 1.82) is 0 Å². The first-order valence-electron chi connectivity index (χ1n) is 7.24. The summed E-state index contributed by atoms with van der Waals surface area (Å²) in [7, 11) is 0. The lowest BCUT2D eigenvalue weighted by Crippen LogP contribution is -2.31. The fourth-order valence-corrected chi connectivity index (χ4v) is 3.49. The van der Waals surface area contributed by atoms with Crippen molar-refractivity contribution in [1.82, 2.24) is 9.38 Å². The zero-order chi connectivity index (χ0) is 13.2. The molecule has 2 aromatic rings. The van der Waals surface area contributed by atoms with Crippen LogP contribution < -0.4 is 10.6 Å². The normalized spacial score (nSPS) is 18.1. The summed E-state index contributed by atoms with van der Waals surface area (Å²) in [4.78, 5) is 8.38. The standard InChI is InChI=1S/C14H22N4S/c1-2-11(15)10-12-13(17-6-4-3-5-7-17)16-14-18(12)8-9-19-14/h8-9,11H,2-7,10,15H2,1H3. The second-order valence-corrected chi connectivity index (χ2v) is 6.23. The van der Waals surface area contributed by atoms with Gasteiger partial charge in [-0.1, -0.05) is 6.92 Å². The Labute approximate surface area is 118 Å². The van der Waals surface area contributed by atoms with Crippen LogP contribution >= 0.6 is 11.3 Å². The van der Waals surface area contributed by atoms with Gasteiger partial charge in [0.05, 0.1) is 5.69 Å². The van der Waals surface area contributed by atoms with Gasteiger partial charge in [-0.2, -0.15) is 0 Å². The number of nitrogens with two attached hydrogens (primary N) is 1. The summed E-state index contributed by atoms with van der Waals surface area (Å²) in [6, 6.07) is 0.225. The van der Waals surface area contributed by atoms with Crippen molar-refractivity contribution in [2.75, 3.05) is 18.0 Å². The maximum atomic E-state index is 6.17. The van der Waals surface area contributed by atoms with Gasteiger partial charge in [-0.15, -0.1) is 11.3 Å². The molecule has 0 spiro atoms. The number of aromatic nitrogens is 2. The quantitative estimate of drug-likeness (QED) is 0.935. The molecule has 1 fully saturated rings. The van der Waals surface area contributed by atoms with E-state index in [0.29, 0.717) is 0 Å². The van der Waals surface area contributed by atoms with E-state index >= 15 is 0 Å². The zero-order valence-corrected chi connectivity index (χ0v) is 12.3. The van der Waals surface area contributed by atoms with Crippen LogP contribution in [0.5, 0.6) is 0 Å². The number of imidazole rings is 1. The van der Waals surface area contributed by atoms with Gasteiger partial charge in [0.2, 0.25) is 0 Å². The fourth-order valence-electron chi connectivity index (χ4n) is 2.76. The Balaban J connectivity index is 1.96. The predicted molar refractivity (Wildman–Crippen MR) is 81.1 cm³/mol. The summed E-state index contributed by atoms with van der Waals surface area (Å²) in [5.41, 5.74) is 7.46. The molecular formula is C14H22N4S. The van der Waals surface area contributed by atoms with Crippen LogP contribution in [0.15, 0.2) is 11.6 Å². The number of rotatable bonds is 4. The zero-order valence-electron chi connectivity index (χ0n) is 11.5. The Bertz CT molecular complexity index is 539. The average Bonchev–Trinajstić information content (AvgIpc) is 3.02. The van der Waals surface area contributed by atoms with E-state index in [1.807, 2.05) is 0 Å². The lowest BCUT2D eigenvalue weighted by atomic mass is 10.1. The van der Waals surface area contributed by atoms with Gasteiger partial charge in [-0.3, -0.25) is 4.40 Å². The Morgan fingerprint density at radius 1 is 1.37 bits per heavy atom. The first-order valence-corrected chi connectivity index (χ1v) is 8.12. The lowest BCUT2D eigenvalue weighted by molar-refractivity contribution is 0.568. The fraction of sp³-hybridized carbons (Fsp3) is 0.643. The van der Waals surface area contributed by atoms with Gasteiger partial charge >= 0.3 is 0 Å². The number of nitrogens with zero attached hydrogens (tertiary/aromatic N) is 3. The molecule has 1 saturated heterocycles. The highest BCUT2D eigenvalue weighted by atomic mass is 32.1. The van der Waals surface area contributed by atoms with Crippen LogP contribution in [0, 0.1) is 0 Å². The van der Waals surface area contributed by atoms with Crippen molar-refractivity contribution >= 4 is 22.1 Å². The molecule has 2 N–H and O–H groups in total. The molecule has 0 saturated carbocycles. The predicted octanol–water partition coefficient (Wildman–Crippen LogP) is 2.67. The second kappa shape index (κ2) is 5.51. The molecule has 19 heavy (non-hydrogen) atoms. The van der Waals surface area contributed by atoms with Crippen LogP contribution in [0.4, 0.5) is 5.82 Å². The Hall–Kier alpha value is -1.07. The van der Waals surface area contributed by atoms with E-state index in [1.165, 1.54) is 30.8 Å². The molecule has 0 radical (unpaired) electrons. The van der Waals surface area contributed by atoms with E-state index in [2.05, 4.69) is 27.8 Å². The first kappa shape index (κ1) is 12.9. The van der Waals surface area contributed by atoms with Gasteiger partial charge in [0.1, 0.15) is 0 Å². The topological polar surface area (TPSA) is 46.6 Å². The molecule has 0 aliphatic carbocycles. The Morgan fingerprint density at radius 2 is 2.16 bits per heavy atom. The lowest BCUT2D eigenvalue weighted by Gasteiger charge is -2.28. The molecule has 0 amide bonds. The van der Waals surface area contributed by atoms with Crippen molar-refractivity contribution < 1.29 is 0 Å². The number of thiazole rings is 1. The number of hydrogen-bond donors (Lipinski definition) is 1. The summed E-state index contributed by atoms with van der Waals surface area (Å²) in [6.45, 7) is 4.43. The molecular weight excluding hydrogens is 256 g/mol. The Kier molecular flexibility index (Phi) is 3.75. The van der Waals surface area contributed by atoms with Crippen molar-refractivity contribution in [3.63, 3.8) is 0 Å². The number of anilines is 1. The molecule has 1 aliphatic heterocycles. The van der Waals surface area contributed by atoms with Crippen LogP contribution in [0.2, 0.25) is 0 Å². The third-order valence-corrected chi connectivity index (χ3v) is 4.73. The SMILES string of the molecule is CCC(N)Cc1c(N2CCCCC2)nc2sccn12. The molecule has 1 aliphatic rings. The van der Waals surface area contributed by atoms with Crippen molar-refractivity contribution in [3.8, 4) is 0 Å². The van der Waals surface area contributed by atoms with Gasteiger partial charge in [-0.05, 0) is 25.7 Å². The van der Waals surface area contributed by atoms with Crippen molar-refractivity contribution in [2.45, 2.75) is 45.1 Å². The summed E-state index contributed by atoms with van der Waals surface area (Å²) in [5.74, 6) is 1.18. The van der Waals surface area contributed by atoms with Crippen LogP contribution in [0.1, 0.15) is 38.3 Å². The molecule has 3 rings (SSSR count). The first-order chi connectivity index (χ1) is 9.29. The van der Waals surface area contributed by atoms with Crippen LogP contribution in [-0.2, 0) is 6.42 Å². The number of hydrogen-bond acceptors (Lipinski definition) is 4. The number of piperidine rings is 1. The average molecular weight is 278 g/mol. The summed E-state index contributed by atoms with van der Waals surface area (Å²) >= 11 is 1.71. The van der Waals surface area contributed by atoms with Crippen LogP contribution in [0.25, 0.3) is 4.96 Å². The van der Waals surface area contributed by atoms with E-state index in [9.17, 15) is 0 Å². The molecule has 0 aromatic carbocycles. The van der Waals surface area contributed by atoms with Crippen molar-refractivity contribution in [2.24, 2.45) is 5.73 Å². The van der Waals surface area contributed by atoms with E-state index in [-0.39, 0.29) is 6.04 Å². The van der Waals surface area contributed by atoms with E-state index in [4.69, 9.17) is 10.7 Å². The van der Waals surface area contributed by atoms with Gasteiger partial charge < -0.3 is 10.6 Å². The highest BCUT2D eigenvalue weighted by Crippen LogP contribution is 2.28. The molecule has 0 bridgehead atoms. The minimum Gasteiger partial charge on any atom is -0.355 e. The maximum Gasteiger partial charge on any atom is 0.195 e. The van der Waals surface area contributed by atoms with E-state index < -0.39 is 0 Å². The molecule has 1 atom stereocenters. The molecule has 1 unspecified atom stereocenters. The molecule has 3 heterocycles. The highest BCUT2D eigenvalue weighted by Gasteiger charge is 2.21. The molecule has 2 aromatic heterocycles. The maximum absolute atomic E-state index is 6.17. The molecule has 5 heteroatoms. The minimum atomic E-state index is 0.225. The highest BCUT2D eigenvalue weighted by molar-refractivity contribution is 7.15. The smallest absolute Gasteiger partial charge is 0.195 e. The molecule has 4 nitrogen and oxygen atoms in total. The van der Waals surface area contributed by atoms with Gasteiger partial charge in [0, 0.05) is 37.1 Å². The third kappa shape index (κ3) is 2.49. The largest absolute Gasteiger partial charge is 0.355 e. The minimum absolute atomic E-state index is 0.225. The summed E-state index contributed by atoms with van der Waals surface area (Å²) in [5, 5.41) is 2.10. The van der Waals surface area contributed by atoms with Gasteiger partial charge in [0.15, 0.2) is 10.8 Å². The summed E-state index contributed by atoms with van der Waals surface area (Å²) < 4.78 is 2.23.